The Bertz CT molecular complexity index is 190. The zero-order valence-electron chi connectivity index (χ0n) is 9.49. The van der Waals surface area contributed by atoms with Crippen LogP contribution in [0, 0.1) is 0 Å². The second kappa shape index (κ2) is 7.91. The highest BCUT2D eigenvalue weighted by atomic mass is 35.5. The molecule has 5 heteroatoms. The zero-order valence-corrected chi connectivity index (χ0v) is 10.3. The highest BCUT2D eigenvalue weighted by molar-refractivity contribution is 5.85. The molecule has 0 aromatic heterocycles. The fourth-order valence-electron chi connectivity index (χ4n) is 1.61. The molecule has 1 amide bonds. The number of amides is 1. The first-order chi connectivity index (χ1) is 6.74. The van der Waals surface area contributed by atoms with Gasteiger partial charge in [-0.2, -0.15) is 0 Å². The third-order valence-corrected chi connectivity index (χ3v) is 2.39. The van der Waals surface area contributed by atoms with Crippen molar-refractivity contribution in [1.29, 1.82) is 0 Å². The maximum atomic E-state index is 11.7. The normalized spacial score (nSPS) is 21.7. The van der Waals surface area contributed by atoms with Crippen LogP contribution in [0.15, 0.2) is 0 Å². The molecular weight excluding hydrogens is 216 g/mol. The molecule has 1 aliphatic rings. The highest BCUT2D eigenvalue weighted by Gasteiger charge is 2.18. The largest absolute Gasteiger partial charge is 0.377 e. The Hall–Kier alpha value is -0.320. The van der Waals surface area contributed by atoms with Crippen LogP contribution in [0.5, 0.6) is 0 Å². The van der Waals surface area contributed by atoms with Crippen LogP contribution in [0.4, 0.5) is 0 Å². The second-order valence-electron chi connectivity index (χ2n) is 3.73. The molecule has 15 heavy (non-hydrogen) atoms. The first-order valence-corrected chi connectivity index (χ1v) is 5.28. The monoisotopic (exact) mass is 236 g/mol. The highest BCUT2D eigenvalue weighted by Crippen LogP contribution is 2.06. The van der Waals surface area contributed by atoms with Crippen molar-refractivity contribution in [3.8, 4) is 0 Å². The molecule has 1 saturated heterocycles. The molecule has 0 saturated carbocycles. The maximum absolute atomic E-state index is 11.7. The van der Waals surface area contributed by atoms with Crippen molar-refractivity contribution >= 4 is 18.3 Å². The van der Waals surface area contributed by atoms with E-state index in [1.54, 1.807) is 0 Å². The number of ether oxygens (including phenoxy) is 1. The average Bonchev–Trinajstić information content (AvgIpc) is 2.39. The van der Waals surface area contributed by atoms with Gasteiger partial charge in [-0.3, -0.25) is 4.79 Å². The molecule has 0 aromatic carbocycles. The van der Waals surface area contributed by atoms with E-state index in [0.717, 1.165) is 32.7 Å². The van der Waals surface area contributed by atoms with Crippen LogP contribution in [-0.2, 0) is 9.53 Å². The van der Waals surface area contributed by atoms with Crippen molar-refractivity contribution in [1.82, 2.24) is 10.2 Å². The van der Waals surface area contributed by atoms with Crippen molar-refractivity contribution in [2.45, 2.75) is 25.9 Å². The van der Waals surface area contributed by atoms with Crippen molar-refractivity contribution in [2.75, 3.05) is 33.3 Å². The van der Waals surface area contributed by atoms with E-state index in [4.69, 9.17) is 4.74 Å². The lowest BCUT2D eigenvalue weighted by Gasteiger charge is -2.22. The van der Waals surface area contributed by atoms with E-state index < -0.39 is 0 Å². The fraction of sp³-hybridized carbons (Fsp3) is 0.900. The predicted octanol–water partition coefficient (Wildman–Crippen LogP) is 0.655. The maximum Gasteiger partial charge on any atom is 0.223 e. The number of hydrogen-bond acceptors (Lipinski definition) is 3. The van der Waals surface area contributed by atoms with Gasteiger partial charge >= 0.3 is 0 Å². The van der Waals surface area contributed by atoms with Gasteiger partial charge in [0.15, 0.2) is 0 Å². The minimum absolute atomic E-state index is 0. The molecule has 1 unspecified atom stereocenters. The third-order valence-electron chi connectivity index (χ3n) is 2.39. The molecule has 1 fully saturated rings. The quantitative estimate of drug-likeness (QED) is 0.783. The van der Waals surface area contributed by atoms with Crippen molar-refractivity contribution in [2.24, 2.45) is 0 Å². The van der Waals surface area contributed by atoms with E-state index in [1.165, 1.54) is 0 Å². The standard InChI is InChI=1S/C10H20N2O2.ClH/c1-9-8-12(6-3-7-14-9)10(13)4-5-11-2;/h9,11H,3-8H2,1-2H3;1H. The van der Waals surface area contributed by atoms with Crippen molar-refractivity contribution < 1.29 is 9.53 Å². The molecule has 0 aliphatic carbocycles. The van der Waals surface area contributed by atoms with Crippen LogP contribution in [0.3, 0.4) is 0 Å². The van der Waals surface area contributed by atoms with Gasteiger partial charge in [-0.25, -0.2) is 0 Å². The summed E-state index contributed by atoms with van der Waals surface area (Å²) in [7, 11) is 1.86. The van der Waals surface area contributed by atoms with Gasteiger partial charge in [0.05, 0.1) is 6.10 Å². The van der Waals surface area contributed by atoms with E-state index in [-0.39, 0.29) is 24.4 Å². The van der Waals surface area contributed by atoms with Gasteiger partial charge in [0.25, 0.3) is 0 Å². The number of hydrogen-bond donors (Lipinski definition) is 1. The lowest BCUT2D eigenvalue weighted by Crippen LogP contribution is -2.37. The predicted molar refractivity (Wildman–Crippen MR) is 62.4 cm³/mol. The minimum atomic E-state index is 0. The fourth-order valence-corrected chi connectivity index (χ4v) is 1.61. The Morgan fingerprint density at radius 1 is 1.60 bits per heavy atom. The topological polar surface area (TPSA) is 41.6 Å². The van der Waals surface area contributed by atoms with Gasteiger partial charge < -0.3 is 15.0 Å². The van der Waals surface area contributed by atoms with Gasteiger partial charge in [-0.1, -0.05) is 0 Å². The molecule has 1 atom stereocenters. The molecule has 90 valence electrons. The van der Waals surface area contributed by atoms with Crippen LogP contribution < -0.4 is 5.32 Å². The first-order valence-electron chi connectivity index (χ1n) is 5.28. The van der Waals surface area contributed by atoms with Gasteiger partial charge in [0.2, 0.25) is 5.91 Å². The molecule has 0 aromatic rings. The molecular formula is C10H21ClN2O2. The van der Waals surface area contributed by atoms with Crippen LogP contribution in [0.2, 0.25) is 0 Å². The average molecular weight is 237 g/mol. The molecule has 1 N–H and O–H groups in total. The van der Waals surface area contributed by atoms with Crippen LogP contribution in [-0.4, -0.2) is 50.2 Å². The number of nitrogens with one attached hydrogen (secondary N) is 1. The number of carbonyl (C=O) groups excluding carboxylic acids is 1. The summed E-state index contributed by atoms with van der Waals surface area (Å²) >= 11 is 0. The lowest BCUT2D eigenvalue weighted by molar-refractivity contribution is -0.131. The Morgan fingerprint density at radius 2 is 2.33 bits per heavy atom. The SMILES string of the molecule is CNCCC(=O)N1CCCOC(C)C1.Cl. The summed E-state index contributed by atoms with van der Waals surface area (Å²) < 4.78 is 5.48. The summed E-state index contributed by atoms with van der Waals surface area (Å²) in [5, 5.41) is 2.99. The second-order valence-corrected chi connectivity index (χ2v) is 3.73. The van der Waals surface area contributed by atoms with Crippen LogP contribution in [0.25, 0.3) is 0 Å². The molecule has 1 heterocycles. The summed E-state index contributed by atoms with van der Waals surface area (Å²) in [6, 6.07) is 0. The third kappa shape index (κ3) is 5.35. The molecule has 1 rings (SSSR count). The molecule has 4 nitrogen and oxygen atoms in total. The Labute approximate surface area is 97.8 Å². The van der Waals surface area contributed by atoms with Crippen LogP contribution >= 0.6 is 12.4 Å². The van der Waals surface area contributed by atoms with E-state index in [2.05, 4.69) is 5.32 Å². The Morgan fingerprint density at radius 3 is 3.00 bits per heavy atom. The zero-order chi connectivity index (χ0) is 10.4. The number of halogens is 1. The van der Waals surface area contributed by atoms with Gasteiger partial charge in [-0.15, -0.1) is 12.4 Å². The van der Waals surface area contributed by atoms with Crippen molar-refractivity contribution in [3.63, 3.8) is 0 Å². The van der Waals surface area contributed by atoms with Crippen LogP contribution in [0.1, 0.15) is 19.8 Å². The first kappa shape index (κ1) is 14.7. The van der Waals surface area contributed by atoms with E-state index in [9.17, 15) is 4.79 Å². The number of rotatable bonds is 3. The Kier molecular flexibility index (Phi) is 7.74. The summed E-state index contributed by atoms with van der Waals surface area (Å²) in [5.41, 5.74) is 0. The van der Waals surface area contributed by atoms with Gasteiger partial charge in [-0.05, 0) is 20.4 Å². The Balaban J connectivity index is 0.00000196. The molecule has 1 aliphatic heterocycles. The summed E-state index contributed by atoms with van der Waals surface area (Å²) in [5.74, 6) is 0.233. The van der Waals surface area contributed by atoms with E-state index in [0.29, 0.717) is 6.42 Å². The molecule has 0 bridgehead atoms. The summed E-state index contributed by atoms with van der Waals surface area (Å²) in [6.45, 7) is 5.13. The van der Waals surface area contributed by atoms with Gasteiger partial charge in [0, 0.05) is 32.7 Å². The van der Waals surface area contributed by atoms with Gasteiger partial charge in [0.1, 0.15) is 0 Å². The van der Waals surface area contributed by atoms with E-state index in [1.807, 2.05) is 18.9 Å². The summed E-state index contributed by atoms with van der Waals surface area (Å²) in [4.78, 5) is 13.6. The van der Waals surface area contributed by atoms with Crippen molar-refractivity contribution in [3.05, 3.63) is 0 Å². The number of nitrogens with zero attached hydrogens (tertiary/aromatic N) is 1. The minimum Gasteiger partial charge on any atom is -0.377 e. The molecule has 0 radical (unpaired) electrons. The lowest BCUT2D eigenvalue weighted by atomic mass is 10.3. The smallest absolute Gasteiger partial charge is 0.223 e. The molecule has 0 spiro atoms. The summed E-state index contributed by atoms with van der Waals surface area (Å²) in [6.07, 6.45) is 1.72. The van der Waals surface area contributed by atoms with E-state index >= 15 is 0 Å². The number of carbonyl (C=O) groups is 1.